The summed E-state index contributed by atoms with van der Waals surface area (Å²) in [6, 6.07) is 9.24. The molecule has 4 nitrogen and oxygen atoms in total. The van der Waals surface area contributed by atoms with Gasteiger partial charge in [-0.3, -0.25) is 4.98 Å². The Hall–Kier alpha value is -2.40. The van der Waals surface area contributed by atoms with E-state index in [4.69, 9.17) is 4.74 Å². The zero-order chi connectivity index (χ0) is 17.6. The standard InChI is InChI=1S/C20H24FN3O/c1-3-25-20-17(21)7-8-18-19(20)15(14-24(18)2)9-12-22-13-10-16-6-4-5-11-23-16/h4-8,11,14,22H,3,9-10,12-13H2,1-2H3. The first kappa shape index (κ1) is 17.4. The molecule has 5 heteroatoms. The summed E-state index contributed by atoms with van der Waals surface area (Å²) in [6.07, 6.45) is 5.60. The van der Waals surface area contributed by atoms with Crippen LogP contribution < -0.4 is 10.1 Å². The zero-order valence-electron chi connectivity index (χ0n) is 14.8. The fourth-order valence-electron chi connectivity index (χ4n) is 3.10. The molecule has 0 saturated carbocycles. The molecular weight excluding hydrogens is 317 g/mol. The molecule has 25 heavy (non-hydrogen) atoms. The number of nitrogens with one attached hydrogen (secondary N) is 1. The Labute approximate surface area is 147 Å². The fraction of sp³-hybridized carbons (Fsp3) is 0.350. The van der Waals surface area contributed by atoms with Gasteiger partial charge in [-0.05, 0) is 49.7 Å². The Morgan fingerprint density at radius 2 is 2.00 bits per heavy atom. The van der Waals surface area contributed by atoms with E-state index in [1.54, 1.807) is 0 Å². The molecule has 3 rings (SSSR count). The van der Waals surface area contributed by atoms with Crippen molar-refractivity contribution in [2.24, 2.45) is 7.05 Å². The number of ether oxygens (including phenoxy) is 1. The summed E-state index contributed by atoms with van der Waals surface area (Å²) >= 11 is 0. The lowest BCUT2D eigenvalue weighted by molar-refractivity contribution is 0.326. The van der Waals surface area contributed by atoms with Crippen LogP contribution in [0.2, 0.25) is 0 Å². The van der Waals surface area contributed by atoms with Crippen molar-refractivity contribution in [3.05, 3.63) is 59.8 Å². The van der Waals surface area contributed by atoms with Gasteiger partial charge in [0, 0.05) is 43.5 Å². The molecule has 0 saturated heterocycles. The number of benzene rings is 1. The Morgan fingerprint density at radius 3 is 2.76 bits per heavy atom. The summed E-state index contributed by atoms with van der Waals surface area (Å²) < 4.78 is 21.8. The third-order valence-electron chi connectivity index (χ3n) is 4.28. The molecule has 1 N–H and O–H groups in total. The summed E-state index contributed by atoms with van der Waals surface area (Å²) in [5, 5.41) is 4.32. The molecule has 0 bridgehead atoms. The van der Waals surface area contributed by atoms with Gasteiger partial charge < -0.3 is 14.6 Å². The highest BCUT2D eigenvalue weighted by molar-refractivity contribution is 5.90. The quantitative estimate of drug-likeness (QED) is 0.638. The predicted octanol–water partition coefficient (Wildman–Crippen LogP) is 3.49. The largest absolute Gasteiger partial charge is 0.490 e. The van der Waals surface area contributed by atoms with Crippen molar-refractivity contribution in [2.45, 2.75) is 19.8 Å². The van der Waals surface area contributed by atoms with Gasteiger partial charge in [0.1, 0.15) is 0 Å². The van der Waals surface area contributed by atoms with E-state index >= 15 is 0 Å². The summed E-state index contributed by atoms with van der Waals surface area (Å²) in [7, 11) is 1.98. The van der Waals surface area contributed by atoms with Crippen molar-refractivity contribution in [1.82, 2.24) is 14.9 Å². The molecule has 2 heterocycles. The Morgan fingerprint density at radius 1 is 1.16 bits per heavy atom. The molecule has 0 aliphatic rings. The minimum Gasteiger partial charge on any atom is -0.490 e. The average molecular weight is 341 g/mol. The molecule has 0 fully saturated rings. The number of fused-ring (bicyclic) bond motifs is 1. The topological polar surface area (TPSA) is 39.1 Å². The van der Waals surface area contributed by atoms with Crippen molar-refractivity contribution in [2.75, 3.05) is 19.7 Å². The lowest BCUT2D eigenvalue weighted by Crippen LogP contribution is -2.20. The molecule has 1 aromatic carbocycles. The molecule has 0 radical (unpaired) electrons. The second kappa shape index (κ2) is 8.12. The van der Waals surface area contributed by atoms with Gasteiger partial charge in [-0.2, -0.15) is 0 Å². The van der Waals surface area contributed by atoms with Crippen LogP contribution in [0.1, 0.15) is 18.2 Å². The van der Waals surface area contributed by atoms with Crippen LogP contribution in [0.4, 0.5) is 4.39 Å². The van der Waals surface area contributed by atoms with Crippen molar-refractivity contribution < 1.29 is 9.13 Å². The van der Waals surface area contributed by atoms with Crippen LogP contribution in [-0.4, -0.2) is 29.2 Å². The zero-order valence-corrected chi connectivity index (χ0v) is 14.8. The SMILES string of the molecule is CCOc1c(F)ccc2c1c(CCNCCc1ccccn1)cn2C. The van der Waals surface area contributed by atoms with E-state index in [-0.39, 0.29) is 5.82 Å². The van der Waals surface area contributed by atoms with Gasteiger partial charge >= 0.3 is 0 Å². The maximum atomic E-state index is 14.2. The third kappa shape index (κ3) is 3.99. The predicted molar refractivity (Wildman–Crippen MR) is 98.6 cm³/mol. The Kier molecular flexibility index (Phi) is 5.66. The van der Waals surface area contributed by atoms with Gasteiger partial charge in [0.2, 0.25) is 0 Å². The molecule has 2 aromatic heterocycles. The average Bonchev–Trinajstić information content (AvgIpc) is 2.94. The van der Waals surface area contributed by atoms with Gasteiger partial charge in [0.25, 0.3) is 0 Å². The number of halogens is 1. The molecule has 0 aliphatic heterocycles. The number of rotatable bonds is 8. The molecule has 0 aliphatic carbocycles. The second-order valence-electron chi connectivity index (χ2n) is 6.04. The Bertz CT molecular complexity index is 830. The molecule has 132 valence electrons. The summed E-state index contributed by atoms with van der Waals surface area (Å²) in [6.45, 7) is 4.02. The minimum absolute atomic E-state index is 0.301. The van der Waals surface area contributed by atoms with Gasteiger partial charge in [-0.25, -0.2) is 4.39 Å². The van der Waals surface area contributed by atoms with Crippen molar-refractivity contribution in [3.8, 4) is 5.75 Å². The number of hydrogen-bond acceptors (Lipinski definition) is 3. The number of hydrogen-bond donors (Lipinski definition) is 1. The number of aryl methyl sites for hydroxylation is 1. The van der Waals surface area contributed by atoms with E-state index in [0.717, 1.165) is 48.1 Å². The van der Waals surface area contributed by atoms with Gasteiger partial charge in [0.05, 0.1) is 12.1 Å². The Balaban J connectivity index is 1.66. The highest BCUT2D eigenvalue weighted by atomic mass is 19.1. The van der Waals surface area contributed by atoms with E-state index in [2.05, 4.69) is 16.5 Å². The molecule has 0 unspecified atom stereocenters. The maximum Gasteiger partial charge on any atom is 0.165 e. The third-order valence-corrected chi connectivity index (χ3v) is 4.28. The lowest BCUT2D eigenvalue weighted by atomic mass is 10.1. The molecule has 0 amide bonds. The first-order valence-electron chi connectivity index (χ1n) is 8.70. The van der Waals surface area contributed by atoms with Crippen LogP contribution in [0.25, 0.3) is 10.9 Å². The van der Waals surface area contributed by atoms with Crippen LogP contribution in [0.5, 0.6) is 5.75 Å². The van der Waals surface area contributed by atoms with E-state index in [0.29, 0.717) is 12.4 Å². The second-order valence-corrected chi connectivity index (χ2v) is 6.04. The first-order chi connectivity index (χ1) is 12.2. The number of pyridine rings is 1. The van der Waals surface area contributed by atoms with Crippen LogP contribution in [0.15, 0.2) is 42.7 Å². The van der Waals surface area contributed by atoms with Gasteiger partial charge in [-0.1, -0.05) is 6.07 Å². The molecule has 0 atom stereocenters. The van der Waals surface area contributed by atoms with Crippen molar-refractivity contribution in [1.29, 1.82) is 0 Å². The van der Waals surface area contributed by atoms with Crippen LogP contribution >= 0.6 is 0 Å². The number of aromatic nitrogens is 2. The molecule has 0 spiro atoms. The monoisotopic (exact) mass is 341 g/mol. The fourth-order valence-corrected chi connectivity index (χ4v) is 3.10. The van der Waals surface area contributed by atoms with E-state index in [1.807, 2.05) is 49.0 Å². The summed E-state index contributed by atoms with van der Waals surface area (Å²) in [5.41, 5.74) is 3.18. The molecular formula is C20H24FN3O. The number of nitrogens with zero attached hydrogens (tertiary/aromatic N) is 2. The minimum atomic E-state index is -0.301. The van der Waals surface area contributed by atoms with Crippen LogP contribution in [0, 0.1) is 5.82 Å². The van der Waals surface area contributed by atoms with E-state index in [1.165, 1.54) is 6.07 Å². The summed E-state index contributed by atoms with van der Waals surface area (Å²) in [5.74, 6) is 0.0639. The highest BCUT2D eigenvalue weighted by Gasteiger charge is 2.15. The molecule has 3 aromatic rings. The smallest absolute Gasteiger partial charge is 0.165 e. The van der Waals surface area contributed by atoms with Crippen LogP contribution in [-0.2, 0) is 19.9 Å². The maximum absolute atomic E-state index is 14.2. The van der Waals surface area contributed by atoms with Crippen LogP contribution in [0.3, 0.4) is 0 Å². The van der Waals surface area contributed by atoms with Crippen molar-refractivity contribution in [3.63, 3.8) is 0 Å². The lowest BCUT2D eigenvalue weighted by Gasteiger charge is -2.09. The normalized spacial score (nSPS) is 11.2. The first-order valence-corrected chi connectivity index (χ1v) is 8.70. The van der Waals surface area contributed by atoms with E-state index < -0.39 is 0 Å². The van der Waals surface area contributed by atoms with E-state index in [9.17, 15) is 4.39 Å². The van der Waals surface area contributed by atoms with Crippen molar-refractivity contribution >= 4 is 10.9 Å². The van der Waals surface area contributed by atoms with Gasteiger partial charge in [-0.15, -0.1) is 0 Å². The highest BCUT2D eigenvalue weighted by Crippen LogP contribution is 2.33. The van der Waals surface area contributed by atoms with Gasteiger partial charge in [0.15, 0.2) is 11.6 Å². The summed E-state index contributed by atoms with van der Waals surface area (Å²) in [4.78, 5) is 4.32.